The fourth-order valence-electron chi connectivity index (χ4n) is 2.07. The van der Waals surface area contributed by atoms with Gasteiger partial charge in [0.1, 0.15) is 16.8 Å². The molecular formula is C15H17Cl2N3. The van der Waals surface area contributed by atoms with Crippen LogP contribution >= 0.6 is 23.2 Å². The molecule has 0 aliphatic rings. The van der Waals surface area contributed by atoms with Crippen molar-refractivity contribution in [3.63, 3.8) is 0 Å². The van der Waals surface area contributed by atoms with Crippen LogP contribution in [0.4, 0.5) is 5.82 Å². The lowest BCUT2D eigenvalue weighted by Crippen LogP contribution is -2.24. The van der Waals surface area contributed by atoms with E-state index in [4.69, 9.17) is 23.2 Å². The van der Waals surface area contributed by atoms with Crippen LogP contribution in [0.3, 0.4) is 0 Å². The van der Waals surface area contributed by atoms with E-state index in [1.54, 1.807) is 0 Å². The maximum Gasteiger partial charge on any atom is 0.137 e. The molecule has 0 aliphatic carbocycles. The smallest absolute Gasteiger partial charge is 0.137 e. The molecule has 2 rings (SSSR count). The molecule has 1 unspecified atom stereocenters. The number of hydrogen-bond acceptors (Lipinski definition) is 3. The molecule has 0 radical (unpaired) electrons. The van der Waals surface area contributed by atoms with Crippen molar-refractivity contribution in [2.24, 2.45) is 0 Å². The Kier molecular flexibility index (Phi) is 4.51. The van der Waals surface area contributed by atoms with Gasteiger partial charge in [0.2, 0.25) is 0 Å². The Bertz CT molecular complexity index is 611. The number of rotatable bonds is 3. The van der Waals surface area contributed by atoms with Gasteiger partial charge in [-0.1, -0.05) is 35.3 Å². The maximum absolute atomic E-state index is 6.14. The topological polar surface area (TPSA) is 29.0 Å². The van der Waals surface area contributed by atoms with E-state index in [2.05, 4.69) is 21.8 Å². The van der Waals surface area contributed by atoms with Gasteiger partial charge < -0.3 is 4.90 Å². The van der Waals surface area contributed by atoms with E-state index < -0.39 is 0 Å². The zero-order valence-corrected chi connectivity index (χ0v) is 13.5. The first-order valence-corrected chi connectivity index (χ1v) is 7.14. The zero-order valence-electron chi connectivity index (χ0n) is 12.0. The van der Waals surface area contributed by atoms with Crippen molar-refractivity contribution in [2.45, 2.75) is 26.8 Å². The second kappa shape index (κ2) is 5.98. The third kappa shape index (κ3) is 3.05. The highest BCUT2D eigenvalue weighted by molar-refractivity contribution is 6.30. The summed E-state index contributed by atoms with van der Waals surface area (Å²) in [7, 11) is 2.00. The summed E-state index contributed by atoms with van der Waals surface area (Å²) < 4.78 is 0. The Labute approximate surface area is 129 Å². The molecule has 0 saturated carbocycles. The molecule has 0 amide bonds. The monoisotopic (exact) mass is 309 g/mol. The molecule has 3 nitrogen and oxygen atoms in total. The van der Waals surface area contributed by atoms with Crippen LogP contribution in [0.1, 0.15) is 29.9 Å². The van der Waals surface area contributed by atoms with Crippen LogP contribution in [0, 0.1) is 13.8 Å². The molecule has 0 fully saturated rings. The predicted octanol–water partition coefficient (Wildman–Crippen LogP) is 4.60. The standard InChI is InChI=1S/C15H17Cl2N3/c1-9-14(17)18-11(3)19-15(9)20(4)10(2)12-5-7-13(16)8-6-12/h5-8,10H,1-4H3. The third-order valence-corrected chi connectivity index (χ3v) is 4.06. The Morgan fingerprint density at radius 1 is 1.05 bits per heavy atom. The van der Waals surface area contributed by atoms with Crippen molar-refractivity contribution in [1.29, 1.82) is 0 Å². The molecule has 1 heterocycles. The van der Waals surface area contributed by atoms with Crippen molar-refractivity contribution in [3.8, 4) is 0 Å². The lowest BCUT2D eigenvalue weighted by Gasteiger charge is -2.28. The van der Waals surface area contributed by atoms with E-state index in [0.717, 1.165) is 16.4 Å². The SMILES string of the molecule is Cc1nc(Cl)c(C)c(N(C)C(C)c2ccc(Cl)cc2)n1. The highest BCUT2D eigenvalue weighted by Crippen LogP contribution is 2.29. The molecule has 0 N–H and O–H groups in total. The number of benzene rings is 1. The van der Waals surface area contributed by atoms with Gasteiger partial charge in [-0.3, -0.25) is 0 Å². The Balaban J connectivity index is 2.35. The predicted molar refractivity (Wildman–Crippen MR) is 84.8 cm³/mol. The molecule has 20 heavy (non-hydrogen) atoms. The van der Waals surface area contributed by atoms with Gasteiger partial charge in [0, 0.05) is 17.6 Å². The van der Waals surface area contributed by atoms with Crippen LogP contribution in [0.15, 0.2) is 24.3 Å². The number of halogens is 2. The highest BCUT2D eigenvalue weighted by atomic mass is 35.5. The van der Waals surface area contributed by atoms with E-state index in [1.165, 1.54) is 5.56 Å². The van der Waals surface area contributed by atoms with Crippen molar-refractivity contribution >= 4 is 29.0 Å². The third-order valence-electron chi connectivity index (χ3n) is 3.44. The van der Waals surface area contributed by atoms with Gasteiger partial charge in [0.15, 0.2) is 0 Å². The van der Waals surface area contributed by atoms with Gasteiger partial charge in [-0.05, 0) is 38.5 Å². The summed E-state index contributed by atoms with van der Waals surface area (Å²) in [6.07, 6.45) is 0. The van der Waals surface area contributed by atoms with Gasteiger partial charge in [0.05, 0.1) is 6.04 Å². The molecular weight excluding hydrogens is 293 g/mol. The first kappa shape index (κ1) is 15.1. The summed E-state index contributed by atoms with van der Waals surface area (Å²) in [5.74, 6) is 1.52. The molecule has 1 aromatic carbocycles. The number of anilines is 1. The minimum atomic E-state index is 0.163. The van der Waals surface area contributed by atoms with Crippen molar-refractivity contribution in [1.82, 2.24) is 9.97 Å². The van der Waals surface area contributed by atoms with Gasteiger partial charge in [-0.15, -0.1) is 0 Å². The summed E-state index contributed by atoms with van der Waals surface area (Å²) >= 11 is 12.1. The fourth-order valence-corrected chi connectivity index (χ4v) is 2.40. The van der Waals surface area contributed by atoms with E-state index in [0.29, 0.717) is 11.0 Å². The molecule has 0 spiro atoms. The van der Waals surface area contributed by atoms with Gasteiger partial charge in [-0.25, -0.2) is 9.97 Å². The highest BCUT2D eigenvalue weighted by Gasteiger charge is 2.17. The van der Waals surface area contributed by atoms with Crippen LogP contribution in [-0.4, -0.2) is 17.0 Å². The van der Waals surface area contributed by atoms with Crippen molar-refractivity contribution < 1.29 is 0 Å². The molecule has 106 valence electrons. The summed E-state index contributed by atoms with van der Waals surface area (Å²) in [4.78, 5) is 10.8. The van der Waals surface area contributed by atoms with Crippen molar-refractivity contribution in [3.05, 3.63) is 51.4 Å². The Morgan fingerprint density at radius 2 is 1.65 bits per heavy atom. The van der Waals surface area contributed by atoms with Gasteiger partial charge >= 0.3 is 0 Å². The molecule has 0 aliphatic heterocycles. The van der Waals surface area contributed by atoms with E-state index in [1.807, 2.05) is 45.2 Å². The molecule has 0 saturated heterocycles. The van der Waals surface area contributed by atoms with E-state index in [-0.39, 0.29) is 6.04 Å². The number of aryl methyl sites for hydroxylation is 1. The number of aromatic nitrogens is 2. The minimum absolute atomic E-state index is 0.163. The summed E-state index contributed by atoms with van der Waals surface area (Å²) in [5.41, 5.74) is 2.06. The Hall–Kier alpha value is -1.32. The van der Waals surface area contributed by atoms with Crippen LogP contribution in [0.2, 0.25) is 10.2 Å². The summed E-state index contributed by atoms with van der Waals surface area (Å²) in [6, 6.07) is 8.00. The summed E-state index contributed by atoms with van der Waals surface area (Å²) in [5, 5.41) is 1.24. The quantitative estimate of drug-likeness (QED) is 0.776. The molecule has 1 atom stereocenters. The van der Waals surface area contributed by atoms with Crippen LogP contribution in [-0.2, 0) is 0 Å². The minimum Gasteiger partial charge on any atom is -0.353 e. The van der Waals surface area contributed by atoms with Gasteiger partial charge in [-0.2, -0.15) is 0 Å². The largest absolute Gasteiger partial charge is 0.353 e. The lowest BCUT2D eigenvalue weighted by atomic mass is 10.1. The van der Waals surface area contributed by atoms with E-state index >= 15 is 0 Å². The first-order chi connectivity index (χ1) is 9.40. The van der Waals surface area contributed by atoms with E-state index in [9.17, 15) is 0 Å². The summed E-state index contributed by atoms with van der Waals surface area (Å²) in [6.45, 7) is 5.89. The van der Waals surface area contributed by atoms with Crippen molar-refractivity contribution in [2.75, 3.05) is 11.9 Å². The second-order valence-corrected chi connectivity index (χ2v) is 5.64. The molecule has 1 aromatic heterocycles. The van der Waals surface area contributed by atoms with Crippen LogP contribution < -0.4 is 4.90 Å². The normalized spacial score (nSPS) is 12.3. The lowest BCUT2D eigenvalue weighted by molar-refractivity contribution is 0.721. The first-order valence-electron chi connectivity index (χ1n) is 6.39. The van der Waals surface area contributed by atoms with Crippen LogP contribution in [0.25, 0.3) is 0 Å². The zero-order chi connectivity index (χ0) is 14.9. The maximum atomic E-state index is 6.14. The molecule has 0 bridgehead atoms. The average Bonchev–Trinajstić information content (AvgIpc) is 2.42. The number of hydrogen-bond donors (Lipinski definition) is 0. The average molecular weight is 310 g/mol. The molecule has 2 aromatic rings. The van der Waals surface area contributed by atoms with Crippen LogP contribution in [0.5, 0.6) is 0 Å². The second-order valence-electron chi connectivity index (χ2n) is 4.85. The van der Waals surface area contributed by atoms with Gasteiger partial charge in [0.25, 0.3) is 0 Å². The fraction of sp³-hybridized carbons (Fsp3) is 0.333. The Morgan fingerprint density at radius 3 is 2.25 bits per heavy atom. The number of nitrogens with zero attached hydrogens (tertiary/aromatic N) is 3. The molecule has 5 heteroatoms.